The number of unbranched alkanes of at least 4 members (excludes halogenated alkanes) is 10. The number of hydrogen-bond donors (Lipinski definition) is 5. The molecule has 73 heavy (non-hydrogen) atoms. The molecule has 5 N–H and O–H groups in total. The van der Waals surface area contributed by atoms with Crippen LogP contribution in [0.2, 0.25) is 0 Å². The molecular weight excluding hydrogens is 945 g/mol. The first kappa shape index (κ1) is 68.2. The van der Waals surface area contributed by atoms with E-state index in [0.29, 0.717) is 13.0 Å². The number of rotatable bonds is 34. The summed E-state index contributed by atoms with van der Waals surface area (Å²) in [5, 5.41) is 20.2. The summed E-state index contributed by atoms with van der Waals surface area (Å²) in [7, 11) is 0. The molecule has 0 aliphatic rings. The maximum Gasteiger partial charge on any atom is 0.329 e. The third-order valence-corrected chi connectivity index (χ3v) is 10.3. The van der Waals surface area contributed by atoms with Gasteiger partial charge in [-0.3, -0.25) is 28.8 Å². The number of amides is 3. The Morgan fingerprint density at radius 2 is 0.603 bits per heavy atom. The van der Waals surface area contributed by atoms with E-state index in [-0.39, 0.29) is 50.9 Å². The zero-order valence-corrected chi connectivity index (χ0v) is 47.3. The fraction of sp³-hybridized carbons (Fsp3) is 0.833. The van der Waals surface area contributed by atoms with Crippen molar-refractivity contribution in [3.8, 4) is 0 Å². The van der Waals surface area contributed by atoms with Crippen LogP contribution in [0.4, 0.5) is 0 Å². The van der Waals surface area contributed by atoms with Crippen molar-refractivity contribution >= 4 is 53.5 Å². The number of ether oxygens (including phenoxy) is 5. The summed E-state index contributed by atoms with van der Waals surface area (Å²) in [5.41, 5.74) is -4.05. The van der Waals surface area contributed by atoms with Gasteiger partial charge in [0.15, 0.2) is 0 Å². The van der Waals surface area contributed by atoms with Gasteiger partial charge >= 0.3 is 35.8 Å². The van der Waals surface area contributed by atoms with Crippen LogP contribution in [0.3, 0.4) is 0 Å². The van der Waals surface area contributed by atoms with Crippen molar-refractivity contribution in [3.05, 3.63) is 0 Å². The molecule has 0 saturated carbocycles. The van der Waals surface area contributed by atoms with Gasteiger partial charge in [0.25, 0.3) is 0 Å². The monoisotopic (exact) mass is 1040 g/mol. The lowest BCUT2D eigenvalue weighted by Gasteiger charge is -2.26. The van der Waals surface area contributed by atoms with Gasteiger partial charge in [0.1, 0.15) is 52.2 Å². The van der Waals surface area contributed by atoms with Gasteiger partial charge in [-0.25, -0.2) is 14.4 Å². The molecule has 0 aromatic carbocycles. The molecule has 0 aliphatic heterocycles. The predicted octanol–water partition coefficient (Wildman–Crippen LogP) is 7.99. The molecule has 19 heteroatoms. The van der Waals surface area contributed by atoms with Gasteiger partial charge in [0.05, 0.1) is 0 Å². The Bertz CT molecular complexity index is 1750. The zero-order chi connectivity index (χ0) is 56.2. The second-order valence-corrected chi connectivity index (χ2v) is 23.8. The van der Waals surface area contributed by atoms with Crippen molar-refractivity contribution in [2.75, 3.05) is 6.54 Å². The lowest BCUT2D eigenvalue weighted by Crippen LogP contribution is -2.48. The summed E-state index contributed by atoms with van der Waals surface area (Å²) in [6, 6.07) is -4.73. The standard InChI is InChI=1S/C54H96N4O15/c1-50(2,3)69-45(64)27-25-23-21-19-17-16-18-20-22-24-26-36-55-37(46(65)70-51(4,5)6)28-32-41(59)56-38(47(66)71-52(7,8)9)29-33-42(60)57-39(48(67)72-53(10,11)12)30-34-43(61)58-40(31-35-44(62)63)49(68)73-54(13,14)15/h37-40,55H,16-36H2,1-15H3,(H,56,59)(H,57,60)(H,58,61)(H,62,63)/t37-,38-,39-,40-/m0/s1. The first-order valence-corrected chi connectivity index (χ1v) is 26.4. The van der Waals surface area contributed by atoms with Gasteiger partial charge in [0.2, 0.25) is 17.7 Å². The number of carboxylic acids is 1. The number of carbonyl (C=O) groups excluding carboxylic acids is 8. The molecule has 3 amide bonds. The molecule has 19 nitrogen and oxygen atoms in total. The lowest BCUT2D eigenvalue weighted by atomic mass is 10.0. The van der Waals surface area contributed by atoms with E-state index in [1.807, 2.05) is 20.8 Å². The molecule has 0 rings (SSSR count). The van der Waals surface area contributed by atoms with Crippen LogP contribution in [0.15, 0.2) is 0 Å². The predicted molar refractivity (Wildman–Crippen MR) is 277 cm³/mol. The number of hydrogen-bond acceptors (Lipinski definition) is 15. The summed E-state index contributed by atoms with van der Waals surface area (Å²) in [4.78, 5) is 116. The van der Waals surface area contributed by atoms with Gasteiger partial charge < -0.3 is 50.1 Å². The SMILES string of the molecule is CC(C)(C)OC(=O)CCCCCCCCCCCCCN[C@@H](CCC(=O)N[C@@H](CCC(=O)N[C@@H](CCC(=O)N[C@@H](CCC(=O)O)C(=O)OC(C)(C)C)C(=O)OC(C)(C)C)C(=O)OC(C)(C)C)C(=O)OC(C)(C)C. The third-order valence-electron chi connectivity index (χ3n) is 10.3. The fourth-order valence-electron chi connectivity index (χ4n) is 7.09. The number of esters is 5. The Labute approximate surface area is 436 Å². The molecule has 0 unspecified atom stereocenters. The molecule has 0 radical (unpaired) electrons. The molecule has 0 saturated heterocycles. The number of carbonyl (C=O) groups is 9. The zero-order valence-electron chi connectivity index (χ0n) is 47.3. The summed E-state index contributed by atoms with van der Waals surface area (Å²) in [5.74, 6) is -6.30. The van der Waals surface area contributed by atoms with Crippen LogP contribution in [-0.2, 0) is 66.8 Å². The highest BCUT2D eigenvalue weighted by Gasteiger charge is 2.33. The normalized spacial score (nSPS) is 13.8. The van der Waals surface area contributed by atoms with Crippen LogP contribution in [0.5, 0.6) is 0 Å². The van der Waals surface area contributed by atoms with E-state index in [0.717, 1.165) is 70.6 Å². The summed E-state index contributed by atoms with van der Waals surface area (Å²) in [6.45, 7) is 26.1. The quantitative estimate of drug-likeness (QED) is 0.0232. The Kier molecular flexibility index (Phi) is 31.0. The first-order chi connectivity index (χ1) is 33.4. The van der Waals surface area contributed by atoms with Crippen molar-refractivity contribution in [2.45, 2.75) is 284 Å². The van der Waals surface area contributed by atoms with Crippen molar-refractivity contribution in [2.24, 2.45) is 0 Å². The second-order valence-electron chi connectivity index (χ2n) is 23.8. The van der Waals surface area contributed by atoms with Crippen LogP contribution < -0.4 is 21.3 Å². The number of nitrogens with one attached hydrogen (secondary N) is 4. The van der Waals surface area contributed by atoms with Crippen LogP contribution in [0, 0.1) is 0 Å². The van der Waals surface area contributed by atoms with E-state index in [4.69, 9.17) is 23.7 Å². The second kappa shape index (κ2) is 33.2. The van der Waals surface area contributed by atoms with E-state index < -0.39 is 106 Å². The molecule has 0 fully saturated rings. The molecule has 0 spiro atoms. The molecule has 0 bridgehead atoms. The average Bonchev–Trinajstić information content (AvgIpc) is 3.20. The van der Waals surface area contributed by atoms with Gasteiger partial charge in [-0.05, 0) is 149 Å². The molecule has 422 valence electrons. The van der Waals surface area contributed by atoms with E-state index in [2.05, 4.69) is 21.3 Å². The number of carboxylic acid groups (broad SMARTS) is 1. The number of aliphatic carboxylic acids is 1. The summed E-state index contributed by atoms with van der Waals surface area (Å²) in [6.07, 6.45) is 9.95. The Hall–Kier alpha value is -4.81. The van der Waals surface area contributed by atoms with Crippen LogP contribution in [0.1, 0.15) is 232 Å². The summed E-state index contributed by atoms with van der Waals surface area (Å²) < 4.78 is 27.5. The molecule has 0 heterocycles. The van der Waals surface area contributed by atoms with Gasteiger partial charge in [-0.2, -0.15) is 0 Å². The summed E-state index contributed by atoms with van der Waals surface area (Å²) >= 11 is 0. The smallest absolute Gasteiger partial charge is 0.329 e. The van der Waals surface area contributed by atoms with Crippen molar-refractivity contribution in [3.63, 3.8) is 0 Å². The van der Waals surface area contributed by atoms with E-state index in [1.165, 1.54) is 0 Å². The molecular formula is C54H96N4O15. The molecule has 4 atom stereocenters. The third kappa shape index (κ3) is 39.3. The van der Waals surface area contributed by atoms with Crippen LogP contribution in [-0.4, -0.2) is 117 Å². The maximum atomic E-state index is 13.5. The maximum absolute atomic E-state index is 13.5. The minimum atomic E-state index is -1.35. The molecule has 0 aromatic heterocycles. The topological polar surface area (TPSA) is 268 Å². The largest absolute Gasteiger partial charge is 0.481 e. The Morgan fingerprint density at radius 1 is 0.342 bits per heavy atom. The average molecular weight is 1040 g/mol. The van der Waals surface area contributed by atoms with Crippen molar-refractivity contribution < 1.29 is 71.9 Å². The van der Waals surface area contributed by atoms with Gasteiger partial charge in [-0.1, -0.05) is 57.8 Å². The van der Waals surface area contributed by atoms with E-state index in [1.54, 1.807) is 83.1 Å². The van der Waals surface area contributed by atoms with E-state index in [9.17, 15) is 48.3 Å². The lowest BCUT2D eigenvalue weighted by molar-refractivity contribution is -0.160. The highest BCUT2D eigenvalue weighted by Crippen LogP contribution is 2.18. The first-order valence-electron chi connectivity index (χ1n) is 26.4. The highest BCUT2D eigenvalue weighted by molar-refractivity contribution is 5.89. The Balaban J connectivity index is 5.54. The van der Waals surface area contributed by atoms with Crippen LogP contribution >= 0.6 is 0 Å². The fourth-order valence-corrected chi connectivity index (χ4v) is 7.09. The van der Waals surface area contributed by atoms with Gasteiger partial charge in [0, 0.05) is 32.1 Å². The van der Waals surface area contributed by atoms with Gasteiger partial charge in [-0.15, -0.1) is 0 Å². The minimum Gasteiger partial charge on any atom is -0.481 e. The Morgan fingerprint density at radius 3 is 0.904 bits per heavy atom. The molecule has 0 aromatic rings. The molecule has 0 aliphatic carbocycles. The van der Waals surface area contributed by atoms with E-state index >= 15 is 0 Å². The highest BCUT2D eigenvalue weighted by atomic mass is 16.6. The van der Waals surface area contributed by atoms with Crippen LogP contribution in [0.25, 0.3) is 0 Å². The van der Waals surface area contributed by atoms with Crippen molar-refractivity contribution in [1.82, 2.24) is 21.3 Å². The van der Waals surface area contributed by atoms with Crippen molar-refractivity contribution in [1.29, 1.82) is 0 Å². The minimum absolute atomic E-state index is 0.0620.